The van der Waals surface area contributed by atoms with Crippen LogP contribution in [0.25, 0.3) is 0 Å². The second-order valence-electron chi connectivity index (χ2n) is 7.17. The first-order chi connectivity index (χ1) is 12.3. The molecule has 1 aliphatic rings. The fourth-order valence-electron chi connectivity index (χ4n) is 2.88. The van der Waals surface area contributed by atoms with E-state index >= 15 is 0 Å². The van der Waals surface area contributed by atoms with Gasteiger partial charge in [-0.15, -0.1) is 0 Å². The van der Waals surface area contributed by atoms with E-state index in [0.29, 0.717) is 18.7 Å². The van der Waals surface area contributed by atoms with Gasteiger partial charge >= 0.3 is 0 Å². The Morgan fingerprint density at radius 1 is 1.35 bits per heavy atom. The van der Waals surface area contributed by atoms with E-state index in [4.69, 9.17) is 10.5 Å². The molecule has 2 atom stereocenters. The summed E-state index contributed by atoms with van der Waals surface area (Å²) >= 11 is 0. The van der Waals surface area contributed by atoms with Gasteiger partial charge in [-0.3, -0.25) is 4.79 Å². The van der Waals surface area contributed by atoms with Crippen LogP contribution >= 0.6 is 0 Å². The van der Waals surface area contributed by atoms with Crippen LogP contribution in [0, 0.1) is 22.7 Å². The first kappa shape index (κ1) is 19.8. The van der Waals surface area contributed by atoms with E-state index in [1.165, 1.54) is 4.90 Å². The molecular weight excluding hydrogens is 333 g/mol. The van der Waals surface area contributed by atoms with E-state index in [1.807, 2.05) is 32.0 Å². The lowest BCUT2D eigenvalue weighted by Crippen LogP contribution is -2.52. The van der Waals surface area contributed by atoms with Gasteiger partial charge in [0.1, 0.15) is 12.2 Å². The average Bonchev–Trinajstić information content (AvgIpc) is 3.01. The Balaban J connectivity index is 1.76. The summed E-state index contributed by atoms with van der Waals surface area (Å²) in [5, 5.41) is 24.3. The molecule has 0 aliphatic carbocycles. The summed E-state index contributed by atoms with van der Waals surface area (Å²) in [6, 6.07) is 10.8. The van der Waals surface area contributed by atoms with Crippen LogP contribution in [-0.4, -0.2) is 48.2 Å². The van der Waals surface area contributed by atoms with Gasteiger partial charge in [0.25, 0.3) is 0 Å². The van der Waals surface area contributed by atoms with Crippen LogP contribution in [0.2, 0.25) is 0 Å². The van der Waals surface area contributed by atoms with Crippen molar-refractivity contribution >= 4 is 5.91 Å². The molecule has 2 N–H and O–H groups in total. The van der Waals surface area contributed by atoms with Crippen LogP contribution in [0.5, 0.6) is 0 Å². The predicted octanol–water partition coefficient (Wildman–Crippen LogP) is 1.48. The monoisotopic (exact) mass is 357 g/mol. The van der Waals surface area contributed by atoms with Crippen molar-refractivity contribution in [2.75, 3.05) is 19.6 Å². The number of hydrogen-bond donors (Lipinski definition) is 2. The standard InChI is InChI=1S/C19H24FN5O/c1-19(2,13-23-10-15-5-3-14(8-21)4-6-15)24-11-18(26)25-12-16(20)7-17(25)9-22/h3-6,16-17,23-24H,7,10-13H2,1-2H3/t16-,17-/m0/s1. The number of amides is 1. The number of benzene rings is 1. The third-order valence-electron chi connectivity index (χ3n) is 4.42. The van der Waals surface area contributed by atoms with Crippen molar-refractivity contribution < 1.29 is 9.18 Å². The lowest BCUT2D eigenvalue weighted by Gasteiger charge is -2.28. The van der Waals surface area contributed by atoms with Gasteiger partial charge in [0.2, 0.25) is 5.91 Å². The number of carbonyl (C=O) groups is 1. The number of halogens is 1. The van der Waals surface area contributed by atoms with E-state index < -0.39 is 12.2 Å². The number of alkyl halides is 1. The summed E-state index contributed by atoms with van der Waals surface area (Å²) in [6.07, 6.45) is -1.02. The molecule has 0 unspecified atom stereocenters. The number of rotatable bonds is 7. The number of hydrogen-bond acceptors (Lipinski definition) is 5. The zero-order valence-electron chi connectivity index (χ0n) is 15.1. The first-order valence-corrected chi connectivity index (χ1v) is 8.62. The minimum atomic E-state index is -1.12. The summed E-state index contributed by atoms with van der Waals surface area (Å²) in [5.41, 5.74) is 1.35. The van der Waals surface area contributed by atoms with Crippen molar-refractivity contribution in [3.63, 3.8) is 0 Å². The molecule has 1 saturated heterocycles. The Morgan fingerprint density at radius 3 is 2.65 bits per heavy atom. The molecular formula is C19H24FN5O. The quantitative estimate of drug-likeness (QED) is 0.771. The van der Waals surface area contributed by atoms with Crippen LogP contribution in [0.15, 0.2) is 24.3 Å². The highest BCUT2D eigenvalue weighted by molar-refractivity contribution is 5.79. The summed E-state index contributed by atoms with van der Waals surface area (Å²) < 4.78 is 13.4. The summed E-state index contributed by atoms with van der Waals surface area (Å²) in [7, 11) is 0. The predicted molar refractivity (Wildman–Crippen MR) is 95.6 cm³/mol. The van der Waals surface area contributed by atoms with Crippen LogP contribution < -0.4 is 10.6 Å². The molecule has 0 saturated carbocycles. The van der Waals surface area contributed by atoms with Gasteiger partial charge in [-0.1, -0.05) is 12.1 Å². The van der Waals surface area contributed by atoms with Crippen molar-refractivity contribution in [2.45, 2.75) is 44.6 Å². The zero-order chi connectivity index (χ0) is 19.2. The number of nitrogens with zero attached hydrogens (tertiary/aromatic N) is 3. The van der Waals surface area contributed by atoms with Crippen molar-refractivity contribution in [1.29, 1.82) is 10.5 Å². The van der Waals surface area contributed by atoms with Gasteiger partial charge in [0.05, 0.1) is 30.8 Å². The van der Waals surface area contributed by atoms with Crippen LogP contribution in [0.1, 0.15) is 31.4 Å². The molecule has 0 spiro atoms. The Morgan fingerprint density at radius 2 is 2.04 bits per heavy atom. The Labute approximate surface area is 153 Å². The lowest BCUT2D eigenvalue weighted by molar-refractivity contribution is -0.130. The fourth-order valence-corrected chi connectivity index (χ4v) is 2.88. The number of carbonyl (C=O) groups excluding carboxylic acids is 1. The molecule has 1 amide bonds. The Kier molecular flexibility index (Phi) is 6.68. The third kappa shape index (κ3) is 5.52. The average molecular weight is 357 g/mol. The molecule has 1 aromatic carbocycles. The SMILES string of the molecule is CC(C)(CNCc1ccc(C#N)cc1)NCC(=O)N1C[C@@H](F)C[C@H]1C#N. The topological polar surface area (TPSA) is 91.9 Å². The van der Waals surface area contributed by atoms with Gasteiger partial charge in [-0.05, 0) is 31.5 Å². The zero-order valence-corrected chi connectivity index (χ0v) is 15.1. The number of likely N-dealkylation sites (tertiary alicyclic amines) is 1. The maximum Gasteiger partial charge on any atom is 0.237 e. The van der Waals surface area contributed by atoms with Crippen LogP contribution in [0.3, 0.4) is 0 Å². The van der Waals surface area contributed by atoms with E-state index in [9.17, 15) is 9.18 Å². The number of nitrogens with one attached hydrogen (secondary N) is 2. The Bertz CT molecular complexity index is 704. The van der Waals surface area contributed by atoms with E-state index in [0.717, 1.165) is 5.56 Å². The Hall–Kier alpha value is -2.48. The van der Waals surface area contributed by atoms with Gasteiger partial charge in [-0.25, -0.2) is 4.39 Å². The highest BCUT2D eigenvalue weighted by Gasteiger charge is 2.35. The molecule has 7 heteroatoms. The maximum atomic E-state index is 13.4. The van der Waals surface area contributed by atoms with E-state index in [2.05, 4.69) is 16.7 Å². The minimum absolute atomic E-state index is 0.00386. The molecule has 0 aromatic heterocycles. The van der Waals surface area contributed by atoms with Gasteiger partial charge in [0.15, 0.2) is 0 Å². The summed E-state index contributed by atoms with van der Waals surface area (Å²) in [4.78, 5) is 13.6. The first-order valence-electron chi connectivity index (χ1n) is 8.62. The minimum Gasteiger partial charge on any atom is -0.323 e. The molecule has 0 bridgehead atoms. The van der Waals surface area contributed by atoms with Crippen molar-refractivity contribution in [3.05, 3.63) is 35.4 Å². The molecule has 26 heavy (non-hydrogen) atoms. The molecule has 1 aliphatic heterocycles. The van der Waals surface area contributed by atoms with Crippen molar-refractivity contribution in [2.24, 2.45) is 0 Å². The van der Waals surface area contributed by atoms with E-state index in [1.54, 1.807) is 12.1 Å². The highest BCUT2D eigenvalue weighted by Crippen LogP contribution is 2.19. The third-order valence-corrected chi connectivity index (χ3v) is 4.42. The fraction of sp³-hybridized carbons (Fsp3) is 0.526. The molecule has 2 rings (SSSR count). The molecule has 1 aromatic rings. The second-order valence-corrected chi connectivity index (χ2v) is 7.17. The summed E-state index contributed by atoms with van der Waals surface area (Å²) in [6.45, 7) is 5.27. The molecule has 1 fully saturated rings. The molecule has 0 radical (unpaired) electrons. The molecule has 1 heterocycles. The normalized spacial score (nSPS) is 19.8. The maximum absolute atomic E-state index is 13.4. The van der Waals surface area contributed by atoms with Crippen LogP contribution in [0.4, 0.5) is 4.39 Å². The van der Waals surface area contributed by atoms with Crippen molar-refractivity contribution in [3.8, 4) is 12.1 Å². The van der Waals surface area contributed by atoms with E-state index in [-0.39, 0.29) is 31.0 Å². The highest BCUT2D eigenvalue weighted by atomic mass is 19.1. The van der Waals surface area contributed by atoms with Gasteiger partial charge < -0.3 is 15.5 Å². The van der Waals surface area contributed by atoms with Gasteiger partial charge in [0, 0.05) is 25.0 Å². The number of nitriles is 2. The largest absolute Gasteiger partial charge is 0.323 e. The van der Waals surface area contributed by atoms with Gasteiger partial charge in [-0.2, -0.15) is 10.5 Å². The smallest absolute Gasteiger partial charge is 0.237 e. The lowest BCUT2D eigenvalue weighted by atomic mass is 10.1. The molecule has 6 nitrogen and oxygen atoms in total. The van der Waals surface area contributed by atoms with Crippen molar-refractivity contribution in [1.82, 2.24) is 15.5 Å². The molecule has 138 valence electrons. The second kappa shape index (κ2) is 8.75. The summed E-state index contributed by atoms with van der Waals surface area (Å²) in [5.74, 6) is -0.253. The van der Waals surface area contributed by atoms with Crippen LogP contribution in [-0.2, 0) is 11.3 Å².